The van der Waals surface area contributed by atoms with E-state index in [4.69, 9.17) is 14.0 Å². The van der Waals surface area contributed by atoms with Gasteiger partial charge in [0.2, 0.25) is 17.6 Å². The molecule has 2 N–H and O–H groups in total. The summed E-state index contributed by atoms with van der Waals surface area (Å²) < 4.78 is 15.9. The maximum Gasteiger partial charge on any atom is 0.253 e. The molecule has 9 nitrogen and oxygen atoms in total. The second-order valence-electron chi connectivity index (χ2n) is 8.13. The fourth-order valence-electron chi connectivity index (χ4n) is 4.01. The summed E-state index contributed by atoms with van der Waals surface area (Å²) in [6.07, 6.45) is 4.65. The molecule has 1 aromatic heterocycles. The lowest BCUT2D eigenvalue weighted by molar-refractivity contribution is -0.116. The number of benzene rings is 2. The van der Waals surface area contributed by atoms with Gasteiger partial charge in [-0.15, -0.1) is 0 Å². The summed E-state index contributed by atoms with van der Waals surface area (Å²) in [4.78, 5) is 29.6. The van der Waals surface area contributed by atoms with Gasteiger partial charge in [-0.3, -0.25) is 9.59 Å². The monoisotopic (exact) mass is 464 g/mol. The lowest BCUT2D eigenvalue weighted by Crippen LogP contribution is -2.33. The summed E-state index contributed by atoms with van der Waals surface area (Å²) in [5.74, 6) is 1.48. The highest BCUT2D eigenvalue weighted by atomic mass is 16.5. The molecule has 1 aliphatic carbocycles. The smallest absolute Gasteiger partial charge is 0.253 e. The molecule has 4 rings (SSSR count). The summed E-state index contributed by atoms with van der Waals surface area (Å²) in [7, 11) is 3.12. The molecule has 1 fully saturated rings. The number of aryl methyl sites for hydroxylation is 1. The van der Waals surface area contributed by atoms with E-state index in [0.29, 0.717) is 40.0 Å². The van der Waals surface area contributed by atoms with E-state index in [1.807, 2.05) is 0 Å². The molecular weight excluding hydrogens is 436 g/mol. The van der Waals surface area contributed by atoms with Crippen LogP contribution in [0.5, 0.6) is 11.5 Å². The second kappa shape index (κ2) is 10.8. The number of nitrogens with zero attached hydrogens (tertiary/aromatic N) is 2. The Hall–Kier alpha value is -3.88. The third-order valence-corrected chi connectivity index (χ3v) is 5.81. The highest BCUT2D eigenvalue weighted by Crippen LogP contribution is 2.31. The largest absolute Gasteiger partial charge is 0.493 e. The summed E-state index contributed by atoms with van der Waals surface area (Å²) in [5.41, 5.74) is 1.65. The quantitative estimate of drug-likeness (QED) is 0.492. The van der Waals surface area contributed by atoms with Crippen LogP contribution in [0, 0.1) is 0 Å². The molecular formula is C25H28N4O5. The number of methoxy groups -OCH3 is 2. The molecule has 0 aliphatic heterocycles. The molecule has 1 aliphatic rings. The number of ether oxygens (including phenoxy) is 2. The molecule has 2 amide bonds. The maximum atomic E-state index is 12.7. The molecule has 0 saturated heterocycles. The fraction of sp³-hybridized carbons (Fsp3) is 0.360. The number of hydrogen-bond acceptors (Lipinski definition) is 7. The Morgan fingerprint density at radius 2 is 1.82 bits per heavy atom. The number of para-hydroxylation sites is 1. The molecule has 0 unspecified atom stereocenters. The van der Waals surface area contributed by atoms with E-state index in [9.17, 15) is 9.59 Å². The van der Waals surface area contributed by atoms with E-state index in [1.54, 1.807) is 56.7 Å². The van der Waals surface area contributed by atoms with E-state index >= 15 is 0 Å². The minimum Gasteiger partial charge on any atom is -0.493 e. The van der Waals surface area contributed by atoms with Crippen molar-refractivity contribution in [3.05, 3.63) is 53.9 Å². The molecule has 0 radical (unpaired) electrons. The zero-order valence-electron chi connectivity index (χ0n) is 19.3. The average molecular weight is 465 g/mol. The van der Waals surface area contributed by atoms with Crippen molar-refractivity contribution in [3.8, 4) is 22.9 Å². The Kier molecular flexibility index (Phi) is 7.41. The van der Waals surface area contributed by atoms with E-state index < -0.39 is 0 Å². The van der Waals surface area contributed by atoms with Gasteiger partial charge in [0.15, 0.2) is 11.5 Å². The molecule has 1 heterocycles. The van der Waals surface area contributed by atoms with E-state index in [-0.39, 0.29) is 30.7 Å². The number of carbonyl (C=O) groups is 2. The van der Waals surface area contributed by atoms with Crippen LogP contribution < -0.4 is 20.1 Å². The zero-order chi connectivity index (χ0) is 23.9. The van der Waals surface area contributed by atoms with Gasteiger partial charge in [-0.1, -0.05) is 30.1 Å². The Balaban J connectivity index is 1.35. The number of anilines is 1. The minimum absolute atomic E-state index is 0.131. The summed E-state index contributed by atoms with van der Waals surface area (Å²) >= 11 is 0. The topological polar surface area (TPSA) is 116 Å². The molecule has 178 valence electrons. The maximum absolute atomic E-state index is 12.7. The number of amides is 2. The van der Waals surface area contributed by atoms with Crippen LogP contribution in [0.4, 0.5) is 5.69 Å². The van der Waals surface area contributed by atoms with Crippen LogP contribution in [0.3, 0.4) is 0 Å². The molecule has 0 bridgehead atoms. The second-order valence-corrected chi connectivity index (χ2v) is 8.13. The van der Waals surface area contributed by atoms with E-state index in [1.165, 1.54) is 0 Å². The van der Waals surface area contributed by atoms with Crippen LogP contribution >= 0.6 is 0 Å². The van der Waals surface area contributed by atoms with Crippen molar-refractivity contribution in [1.82, 2.24) is 15.5 Å². The highest BCUT2D eigenvalue weighted by molar-refractivity contribution is 6.03. The van der Waals surface area contributed by atoms with Gasteiger partial charge in [0.25, 0.3) is 5.91 Å². The zero-order valence-corrected chi connectivity index (χ0v) is 19.3. The van der Waals surface area contributed by atoms with Crippen LogP contribution in [0.15, 0.2) is 47.0 Å². The molecule has 2 aromatic carbocycles. The van der Waals surface area contributed by atoms with Crippen molar-refractivity contribution in [3.63, 3.8) is 0 Å². The van der Waals surface area contributed by atoms with Crippen molar-refractivity contribution < 1.29 is 23.6 Å². The van der Waals surface area contributed by atoms with Crippen LogP contribution in [0.1, 0.15) is 48.4 Å². The first-order chi connectivity index (χ1) is 16.6. The first-order valence-electron chi connectivity index (χ1n) is 11.3. The molecule has 0 atom stereocenters. The highest BCUT2D eigenvalue weighted by Gasteiger charge is 2.20. The summed E-state index contributed by atoms with van der Waals surface area (Å²) in [6.45, 7) is 0. The van der Waals surface area contributed by atoms with Crippen LogP contribution in [0.2, 0.25) is 0 Å². The fourth-order valence-corrected chi connectivity index (χ4v) is 4.01. The Labute approximate surface area is 197 Å². The van der Waals surface area contributed by atoms with Gasteiger partial charge in [-0.05, 0) is 43.2 Å². The van der Waals surface area contributed by atoms with Gasteiger partial charge in [0.1, 0.15) is 0 Å². The third kappa shape index (κ3) is 5.54. The van der Waals surface area contributed by atoms with Gasteiger partial charge in [-0.2, -0.15) is 4.98 Å². The normalized spacial score (nSPS) is 13.5. The van der Waals surface area contributed by atoms with Crippen molar-refractivity contribution in [2.45, 2.75) is 44.6 Å². The molecule has 0 spiro atoms. The Morgan fingerprint density at radius 1 is 1.06 bits per heavy atom. The predicted octanol–water partition coefficient (Wildman–Crippen LogP) is 4.00. The molecule has 9 heteroatoms. The van der Waals surface area contributed by atoms with Crippen LogP contribution in [-0.2, 0) is 11.2 Å². The van der Waals surface area contributed by atoms with Crippen LogP contribution in [-0.4, -0.2) is 42.2 Å². The summed E-state index contributed by atoms with van der Waals surface area (Å²) in [5, 5.41) is 9.89. The van der Waals surface area contributed by atoms with Gasteiger partial charge in [0, 0.05) is 24.4 Å². The lowest BCUT2D eigenvalue weighted by Gasteiger charge is -2.15. The first kappa shape index (κ1) is 23.3. The predicted molar refractivity (Wildman–Crippen MR) is 126 cm³/mol. The van der Waals surface area contributed by atoms with Gasteiger partial charge >= 0.3 is 0 Å². The minimum atomic E-state index is -0.244. The van der Waals surface area contributed by atoms with E-state index in [2.05, 4.69) is 20.8 Å². The lowest BCUT2D eigenvalue weighted by atomic mass is 10.1. The number of nitrogens with one attached hydrogen (secondary N) is 2. The summed E-state index contributed by atoms with van der Waals surface area (Å²) in [6, 6.07) is 12.5. The van der Waals surface area contributed by atoms with Crippen LogP contribution in [0.25, 0.3) is 11.4 Å². The van der Waals surface area contributed by atoms with Gasteiger partial charge in [0.05, 0.1) is 25.5 Å². The van der Waals surface area contributed by atoms with Gasteiger partial charge < -0.3 is 24.6 Å². The Bertz CT molecular complexity index is 1150. The van der Waals surface area contributed by atoms with Gasteiger partial charge in [-0.25, -0.2) is 0 Å². The number of hydrogen-bond donors (Lipinski definition) is 2. The van der Waals surface area contributed by atoms with Crippen molar-refractivity contribution in [2.24, 2.45) is 0 Å². The number of rotatable bonds is 9. The Morgan fingerprint density at radius 3 is 2.59 bits per heavy atom. The molecule has 1 saturated carbocycles. The SMILES string of the molecule is COc1ccc(-c2noc(CCC(=O)Nc3ccccc3C(=O)NC3CCCC3)n2)cc1OC. The molecule has 3 aromatic rings. The number of aromatic nitrogens is 2. The van der Waals surface area contributed by atoms with Crippen molar-refractivity contribution in [2.75, 3.05) is 19.5 Å². The average Bonchev–Trinajstić information content (AvgIpc) is 3.55. The number of carbonyl (C=O) groups excluding carboxylic acids is 2. The van der Waals surface area contributed by atoms with E-state index in [0.717, 1.165) is 25.7 Å². The first-order valence-corrected chi connectivity index (χ1v) is 11.3. The molecule has 34 heavy (non-hydrogen) atoms. The third-order valence-electron chi connectivity index (χ3n) is 5.81. The standard InChI is InChI=1S/C25H28N4O5/c1-32-20-12-11-16(15-21(20)33-2)24-28-23(34-29-24)14-13-22(30)27-19-10-6-5-9-18(19)25(31)26-17-7-3-4-8-17/h5-6,9-12,15,17H,3-4,7-8,13-14H2,1-2H3,(H,26,31)(H,27,30). The van der Waals surface area contributed by atoms with Crippen molar-refractivity contribution >= 4 is 17.5 Å². The van der Waals surface area contributed by atoms with Crippen molar-refractivity contribution in [1.29, 1.82) is 0 Å².